The molecule has 2 nitrogen and oxygen atoms in total. The van der Waals surface area contributed by atoms with Gasteiger partial charge in [0.15, 0.2) is 0 Å². The van der Waals surface area contributed by atoms with Gasteiger partial charge in [0, 0.05) is 5.56 Å². The highest BCUT2D eigenvalue weighted by Gasteiger charge is 2.06. The molecular weight excluding hydrogens is 242 g/mol. The molecule has 1 heterocycles. The summed E-state index contributed by atoms with van der Waals surface area (Å²) in [5.41, 5.74) is 3.26. The molecule has 1 aliphatic rings. The molecule has 0 aliphatic carbocycles. The van der Waals surface area contributed by atoms with Crippen molar-refractivity contribution in [2.45, 2.75) is 20.3 Å². The van der Waals surface area contributed by atoms with Gasteiger partial charge in [-0.2, -0.15) is 0 Å². The molecule has 0 fully saturated rings. The van der Waals surface area contributed by atoms with Crippen LogP contribution in [0.25, 0.3) is 5.70 Å². The Morgan fingerprint density at radius 3 is 2.89 bits per heavy atom. The Morgan fingerprint density at radius 1 is 1.28 bits per heavy atom. The van der Waals surface area contributed by atoms with E-state index < -0.39 is 0 Å². The Labute approximate surface area is 112 Å². The van der Waals surface area contributed by atoms with Crippen LogP contribution in [0.3, 0.4) is 0 Å². The second kappa shape index (κ2) is 5.91. The van der Waals surface area contributed by atoms with Crippen LogP contribution in [0.15, 0.2) is 40.8 Å². The highest BCUT2D eigenvalue weighted by Crippen LogP contribution is 2.27. The van der Waals surface area contributed by atoms with Crippen molar-refractivity contribution >= 4 is 22.5 Å². The van der Waals surface area contributed by atoms with E-state index in [2.05, 4.69) is 34.7 Å². The minimum Gasteiger partial charge on any atom is -0.496 e. The number of aryl methyl sites for hydroxylation is 1. The van der Waals surface area contributed by atoms with Gasteiger partial charge in [-0.05, 0) is 37.3 Å². The average molecular weight is 259 g/mol. The topological polar surface area (TPSA) is 21.6 Å². The van der Waals surface area contributed by atoms with Crippen LogP contribution in [0.2, 0.25) is 0 Å². The summed E-state index contributed by atoms with van der Waals surface area (Å²) in [6, 6.07) is 6.21. The Morgan fingerprint density at radius 2 is 2.11 bits per heavy atom. The maximum Gasteiger partial charge on any atom is 0.122 e. The van der Waals surface area contributed by atoms with Gasteiger partial charge in [-0.3, -0.25) is 0 Å². The molecule has 0 aromatic heterocycles. The Bertz CT molecular complexity index is 529. The van der Waals surface area contributed by atoms with E-state index in [1.54, 1.807) is 18.9 Å². The fourth-order valence-corrected chi connectivity index (χ4v) is 2.34. The second-order valence-electron chi connectivity index (χ2n) is 4.13. The first-order chi connectivity index (χ1) is 8.70. The van der Waals surface area contributed by atoms with Crippen LogP contribution >= 0.6 is 11.8 Å². The van der Waals surface area contributed by atoms with Crippen LogP contribution in [-0.2, 0) is 0 Å². The van der Waals surface area contributed by atoms with Gasteiger partial charge in [-0.1, -0.05) is 36.0 Å². The van der Waals surface area contributed by atoms with Gasteiger partial charge in [0.25, 0.3) is 0 Å². The van der Waals surface area contributed by atoms with Crippen LogP contribution in [-0.4, -0.2) is 12.2 Å². The first-order valence-electron chi connectivity index (χ1n) is 5.93. The molecule has 0 amide bonds. The maximum absolute atomic E-state index is 5.36. The van der Waals surface area contributed by atoms with Crippen molar-refractivity contribution in [1.29, 1.82) is 0 Å². The van der Waals surface area contributed by atoms with Crippen LogP contribution in [0, 0.1) is 6.92 Å². The van der Waals surface area contributed by atoms with Gasteiger partial charge in [0.05, 0.1) is 17.9 Å². The lowest BCUT2D eigenvalue weighted by Gasteiger charge is -2.10. The molecule has 1 aromatic carbocycles. The number of thioether (sulfide) groups is 1. The summed E-state index contributed by atoms with van der Waals surface area (Å²) in [6.45, 7) is 4.07. The number of aliphatic imine (C=N–C) groups is 1. The summed E-state index contributed by atoms with van der Waals surface area (Å²) in [5.74, 6) is 0.909. The SMILES string of the molecule is COc1cc(C2=CCC=CSC(C)=N2)ccc1C. The van der Waals surface area contributed by atoms with Crippen molar-refractivity contribution in [3.05, 3.63) is 46.9 Å². The molecule has 2 rings (SSSR count). The lowest BCUT2D eigenvalue weighted by Crippen LogP contribution is -1.92. The van der Waals surface area contributed by atoms with Gasteiger partial charge in [-0.15, -0.1) is 0 Å². The molecule has 0 bridgehead atoms. The molecule has 0 atom stereocenters. The van der Waals surface area contributed by atoms with Crippen molar-refractivity contribution in [3.8, 4) is 5.75 Å². The number of rotatable bonds is 2. The number of methoxy groups -OCH3 is 1. The molecule has 18 heavy (non-hydrogen) atoms. The summed E-state index contributed by atoms with van der Waals surface area (Å²) >= 11 is 1.66. The van der Waals surface area contributed by atoms with Crippen molar-refractivity contribution in [2.75, 3.05) is 7.11 Å². The lowest BCUT2D eigenvalue weighted by atomic mass is 10.1. The summed E-state index contributed by atoms with van der Waals surface area (Å²) in [6.07, 6.45) is 5.20. The molecule has 1 aromatic rings. The standard InChI is InChI=1S/C15H17NOS/c1-11-7-8-13(10-15(11)17-3)14-6-4-5-9-18-12(2)16-14/h5-10H,4H2,1-3H3. The van der Waals surface area contributed by atoms with E-state index in [0.29, 0.717) is 0 Å². The first-order valence-corrected chi connectivity index (χ1v) is 6.81. The molecule has 0 N–H and O–H groups in total. The average Bonchev–Trinajstić information content (AvgIpc) is 2.34. The molecule has 0 radical (unpaired) electrons. The van der Waals surface area contributed by atoms with E-state index in [-0.39, 0.29) is 0 Å². The normalized spacial score (nSPS) is 15.5. The third-order valence-corrected chi connectivity index (χ3v) is 3.52. The van der Waals surface area contributed by atoms with E-state index in [0.717, 1.165) is 34.0 Å². The number of allylic oxidation sites excluding steroid dienone is 2. The second-order valence-corrected chi connectivity index (χ2v) is 5.23. The molecule has 3 heteroatoms. The van der Waals surface area contributed by atoms with E-state index in [1.807, 2.05) is 19.9 Å². The number of hydrogen-bond donors (Lipinski definition) is 0. The van der Waals surface area contributed by atoms with Gasteiger partial charge in [0.1, 0.15) is 5.75 Å². The van der Waals surface area contributed by atoms with Crippen molar-refractivity contribution in [1.82, 2.24) is 0 Å². The van der Waals surface area contributed by atoms with Crippen molar-refractivity contribution < 1.29 is 4.74 Å². The fourth-order valence-electron chi connectivity index (χ4n) is 1.79. The quantitative estimate of drug-likeness (QED) is 0.784. The number of benzene rings is 1. The molecule has 0 spiro atoms. The zero-order chi connectivity index (χ0) is 13.0. The molecule has 0 unspecified atom stereocenters. The zero-order valence-electron chi connectivity index (χ0n) is 10.9. The van der Waals surface area contributed by atoms with Crippen LogP contribution in [0.5, 0.6) is 5.75 Å². The Balaban J connectivity index is 2.41. The fraction of sp³-hybridized carbons (Fsp3) is 0.267. The van der Waals surface area contributed by atoms with Crippen LogP contribution < -0.4 is 4.74 Å². The predicted octanol–water partition coefficient (Wildman–Crippen LogP) is 4.41. The highest BCUT2D eigenvalue weighted by molar-refractivity contribution is 8.16. The summed E-state index contributed by atoms with van der Waals surface area (Å²) in [7, 11) is 1.70. The number of nitrogens with zero attached hydrogens (tertiary/aromatic N) is 1. The summed E-state index contributed by atoms with van der Waals surface area (Å²) in [4.78, 5) is 4.65. The zero-order valence-corrected chi connectivity index (χ0v) is 11.8. The first kappa shape index (κ1) is 13.0. The van der Waals surface area contributed by atoms with Crippen molar-refractivity contribution in [3.63, 3.8) is 0 Å². The van der Waals surface area contributed by atoms with Gasteiger partial charge in [-0.25, -0.2) is 4.99 Å². The van der Waals surface area contributed by atoms with Crippen LogP contribution in [0.1, 0.15) is 24.5 Å². The smallest absolute Gasteiger partial charge is 0.122 e. The van der Waals surface area contributed by atoms with Crippen molar-refractivity contribution in [2.24, 2.45) is 4.99 Å². The molecular formula is C15H17NOS. The third-order valence-electron chi connectivity index (χ3n) is 2.76. The van der Waals surface area contributed by atoms with Crippen LogP contribution in [0.4, 0.5) is 0 Å². The predicted molar refractivity (Wildman–Crippen MR) is 80.2 cm³/mol. The van der Waals surface area contributed by atoms with Gasteiger partial charge in [0.2, 0.25) is 0 Å². The minimum atomic E-state index is 0.909. The molecule has 94 valence electrons. The van der Waals surface area contributed by atoms with Gasteiger partial charge < -0.3 is 4.74 Å². The maximum atomic E-state index is 5.36. The highest BCUT2D eigenvalue weighted by atomic mass is 32.2. The third kappa shape index (κ3) is 3.05. The molecule has 0 saturated heterocycles. The molecule has 0 saturated carbocycles. The Kier molecular flexibility index (Phi) is 4.26. The molecule has 1 aliphatic heterocycles. The minimum absolute atomic E-state index is 0.909. The van der Waals surface area contributed by atoms with E-state index in [9.17, 15) is 0 Å². The van der Waals surface area contributed by atoms with Gasteiger partial charge >= 0.3 is 0 Å². The number of hydrogen-bond acceptors (Lipinski definition) is 3. The summed E-state index contributed by atoms with van der Waals surface area (Å²) in [5, 5.41) is 3.14. The van der Waals surface area contributed by atoms with E-state index in [4.69, 9.17) is 4.74 Å². The monoisotopic (exact) mass is 259 g/mol. The largest absolute Gasteiger partial charge is 0.496 e. The van der Waals surface area contributed by atoms with E-state index in [1.165, 1.54) is 0 Å². The number of ether oxygens (including phenoxy) is 1. The Hall–Kier alpha value is -1.48. The van der Waals surface area contributed by atoms with E-state index >= 15 is 0 Å². The lowest BCUT2D eigenvalue weighted by molar-refractivity contribution is 0.411. The summed E-state index contributed by atoms with van der Waals surface area (Å²) < 4.78 is 5.36.